The monoisotopic (exact) mass is 341 g/mol. The molecule has 3 rings (SSSR count). The Bertz CT molecular complexity index is 870. The lowest BCUT2D eigenvalue weighted by molar-refractivity contribution is 0.480. The maximum absolute atomic E-state index is 13.8. The van der Waals surface area contributed by atoms with Gasteiger partial charge in [0, 0.05) is 11.4 Å². The van der Waals surface area contributed by atoms with Crippen molar-refractivity contribution in [3.05, 3.63) is 96.3 Å². The van der Waals surface area contributed by atoms with Gasteiger partial charge in [-0.05, 0) is 60.7 Å². The van der Waals surface area contributed by atoms with Crippen molar-refractivity contribution in [3.8, 4) is 11.5 Å². The van der Waals surface area contributed by atoms with Gasteiger partial charge in [-0.2, -0.15) is 0 Å². The zero-order chi connectivity index (χ0) is 17.8. The summed E-state index contributed by atoms with van der Waals surface area (Å²) in [6, 6.07) is 16.0. The molecule has 0 saturated carbocycles. The van der Waals surface area contributed by atoms with Crippen LogP contribution < -0.4 is 10.1 Å². The van der Waals surface area contributed by atoms with Crippen LogP contribution in [0.2, 0.25) is 0 Å². The molecule has 0 aliphatic heterocycles. The third-order valence-corrected chi connectivity index (χ3v) is 3.46. The summed E-state index contributed by atoms with van der Waals surface area (Å²) in [7, 11) is 0. The Morgan fingerprint density at radius 3 is 1.84 bits per heavy atom. The Hall–Kier alpha value is -3.21. The van der Waals surface area contributed by atoms with E-state index in [0.717, 1.165) is 0 Å². The molecule has 0 saturated heterocycles. The highest BCUT2D eigenvalue weighted by atomic mass is 19.1. The van der Waals surface area contributed by atoms with Crippen LogP contribution in [0.5, 0.6) is 11.5 Å². The minimum absolute atomic E-state index is 0.114. The molecule has 0 amide bonds. The van der Waals surface area contributed by atoms with Crippen molar-refractivity contribution in [2.45, 2.75) is 0 Å². The number of halogens is 3. The molecule has 0 bridgehead atoms. The second-order valence-electron chi connectivity index (χ2n) is 5.28. The number of ether oxygens (including phenoxy) is 1. The lowest BCUT2D eigenvalue weighted by atomic mass is 10.1. The van der Waals surface area contributed by atoms with Crippen molar-refractivity contribution in [1.82, 2.24) is 0 Å². The molecule has 1 N–H and O–H groups in total. The quantitative estimate of drug-likeness (QED) is 0.616. The molecule has 0 aliphatic carbocycles. The summed E-state index contributed by atoms with van der Waals surface area (Å²) in [4.78, 5) is 0. The highest BCUT2D eigenvalue weighted by Crippen LogP contribution is 2.26. The van der Waals surface area contributed by atoms with E-state index in [1.54, 1.807) is 24.3 Å². The molecule has 126 valence electrons. The fraction of sp³-hybridized carbons (Fsp3) is 0. The number of nitrogens with one attached hydrogen (secondary N) is 1. The zero-order valence-electron chi connectivity index (χ0n) is 13.1. The van der Waals surface area contributed by atoms with Crippen molar-refractivity contribution in [3.63, 3.8) is 0 Å². The number of rotatable bonds is 5. The largest absolute Gasteiger partial charge is 0.457 e. The Kier molecular flexibility index (Phi) is 4.75. The standard InChI is InChI=1S/C20H14F3NO/c1-13(20-18(22)3-2-4-19(20)23)24-15-7-11-17(12-8-15)25-16-9-5-14(21)6-10-16/h2-12,24H,1H2. The first-order chi connectivity index (χ1) is 12.0. The first-order valence-corrected chi connectivity index (χ1v) is 7.47. The molecule has 3 aromatic rings. The van der Waals surface area contributed by atoms with Crippen LogP contribution in [0, 0.1) is 17.5 Å². The van der Waals surface area contributed by atoms with Gasteiger partial charge in [-0.15, -0.1) is 0 Å². The SMILES string of the molecule is C=C(Nc1ccc(Oc2ccc(F)cc2)cc1)c1c(F)cccc1F. The Morgan fingerprint density at radius 1 is 0.760 bits per heavy atom. The molecule has 3 aromatic carbocycles. The van der Waals surface area contributed by atoms with Crippen LogP contribution in [0.4, 0.5) is 18.9 Å². The van der Waals surface area contributed by atoms with E-state index in [0.29, 0.717) is 17.2 Å². The average molecular weight is 341 g/mol. The van der Waals surface area contributed by atoms with Crippen LogP contribution >= 0.6 is 0 Å². The highest BCUT2D eigenvalue weighted by Gasteiger charge is 2.12. The van der Waals surface area contributed by atoms with Gasteiger partial charge in [0.05, 0.1) is 5.56 Å². The normalized spacial score (nSPS) is 10.4. The molecule has 0 aromatic heterocycles. The van der Waals surface area contributed by atoms with Crippen molar-refractivity contribution >= 4 is 11.4 Å². The van der Waals surface area contributed by atoms with Gasteiger partial charge in [-0.1, -0.05) is 12.6 Å². The second-order valence-corrected chi connectivity index (χ2v) is 5.28. The third-order valence-electron chi connectivity index (χ3n) is 3.46. The van der Waals surface area contributed by atoms with E-state index >= 15 is 0 Å². The molecule has 0 atom stereocenters. The maximum atomic E-state index is 13.8. The summed E-state index contributed by atoms with van der Waals surface area (Å²) >= 11 is 0. The van der Waals surface area contributed by atoms with E-state index in [4.69, 9.17) is 4.74 Å². The minimum atomic E-state index is -0.686. The number of hydrogen-bond acceptors (Lipinski definition) is 2. The smallest absolute Gasteiger partial charge is 0.135 e. The molecular weight excluding hydrogens is 327 g/mol. The molecule has 0 spiro atoms. The van der Waals surface area contributed by atoms with Crippen LogP contribution in [0.15, 0.2) is 73.3 Å². The first-order valence-electron chi connectivity index (χ1n) is 7.47. The lowest BCUT2D eigenvalue weighted by Gasteiger charge is -2.12. The fourth-order valence-corrected chi connectivity index (χ4v) is 2.27. The van der Waals surface area contributed by atoms with Gasteiger partial charge < -0.3 is 10.1 Å². The van der Waals surface area contributed by atoms with Gasteiger partial charge in [0.1, 0.15) is 29.0 Å². The molecule has 0 unspecified atom stereocenters. The first kappa shape index (κ1) is 16.6. The van der Waals surface area contributed by atoms with E-state index in [-0.39, 0.29) is 17.1 Å². The van der Waals surface area contributed by atoms with Gasteiger partial charge in [-0.25, -0.2) is 13.2 Å². The van der Waals surface area contributed by atoms with Crippen LogP contribution in [0.1, 0.15) is 5.56 Å². The summed E-state index contributed by atoms with van der Waals surface area (Å²) in [5.74, 6) is -0.673. The predicted molar refractivity (Wildman–Crippen MR) is 91.9 cm³/mol. The Morgan fingerprint density at radius 2 is 1.28 bits per heavy atom. The van der Waals surface area contributed by atoms with Gasteiger partial charge in [0.15, 0.2) is 0 Å². The average Bonchev–Trinajstić information content (AvgIpc) is 2.58. The van der Waals surface area contributed by atoms with Gasteiger partial charge >= 0.3 is 0 Å². The summed E-state index contributed by atoms with van der Waals surface area (Å²) in [5, 5.41) is 2.86. The van der Waals surface area contributed by atoms with Crippen molar-refractivity contribution < 1.29 is 17.9 Å². The molecule has 0 radical (unpaired) electrons. The highest BCUT2D eigenvalue weighted by molar-refractivity contribution is 5.75. The van der Waals surface area contributed by atoms with Crippen LogP contribution in [0.25, 0.3) is 5.70 Å². The Labute approximate surface area is 143 Å². The number of benzene rings is 3. The minimum Gasteiger partial charge on any atom is -0.457 e. The molecule has 25 heavy (non-hydrogen) atoms. The van der Waals surface area contributed by atoms with Gasteiger partial charge in [0.25, 0.3) is 0 Å². The molecule has 0 aliphatic rings. The predicted octanol–water partition coefficient (Wildman–Crippen LogP) is 5.98. The second kappa shape index (κ2) is 7.13. The van der Waals surface area contributed by atoms with E-state index < -0.39 is 11.6 Å². The van der Waals surface area contributed by atoms with Crippen LogP contribution in [-0.4, -0.2) is 0 Å². The lowest BCUT2D eigenvalue weighted by Crippen LogP contribution is -2.02. The van der Waals surface area contributed by atoms with Crippen LogP contribution in [-0.2, 0) is 0 Å². The fourth-order valence-electron chi connectivity index (χ4n) is 2.27. The summed E-state index contributed by atoms with van der Waals surface area (Å²) in [5.41, 5.74) is 0.510. The molecule has 0 heterocycles. The van der Waals surface area contributed by atoms with E-state index in [1.165, 1.54) is 42.5 Å². The van der Waals surface area contributed by atoms with E-state index in [9.17, 15) is 13.2 Å². The summed E-state index contributed by atoms with van der Waals surface area (Å²) in [6.07, 6.45) is 0. The number of anilines is 1. The molecule has 2 nitrogen and oxygen atoms in total. The van der Waals surface area contributed by atoms with Gasteiger partial charge in [0.2, 0.25) is 0 Å². The van der Waals surface area contributed by atoms with Crippen LogP contribution in [0.3, 0.4) is 0 Å². The molecule has 0 fully saturated rings. The van der Waals surface area contributed by atoms with E-state index in [2.05, 4.69) is 11.9 Å². The zero-order valence-corrected chi connectivity index (χ0v) is 13.1. The van der Waals surface area contributed by atoms with Crippen molar-refractivity contribution in [2.24, 2.45) is 0 Å². The molecular formula is C20H14F3NO. The summed E-state index contributed by atoms with van der Waals surface area (Å²) in [6.45, 7) is 3.68. The summed E-state index contributed by atoms with van der Waals surface area (Å²) < 4.78 is 46.0. The Balaban J connectivity index is 1.70. The molecule has 5 heteroatoms. The van der Waals surface area contributed by atoms with Gasteiger partial charge in [-0.3, -0.25) is 0 Å². The third kappa shape index (κ3) is 4.01. The maximum Gasteiger partial charge on any atom is 0.135 e. The number of hydrogen-bond donors (Lipinski definition) is 1. The topological polar surface area (TPSA) is 21.3 Å². The van der Waals surface area contributed by atoms with E-state index in [1.807, 2.05) is 0 Å². The van der Waals surface area contributed by atoms with Crippen molar-refractivity contribution in [2.75, 3.05) is 5.32 Å². The van der Waals surface area contributed by atoms with Crippen molar-refractivity contribution in [1.29, 1.82) is 0 Å².